The van der Waals surface area contributed by atoms with Gasteiger partial charge in [-0.1, -0.05) is 34.6 Å². The predicted octanol–water partition coefficient (Wildman–Crippen LogP) is 2.55. The van der Waals surface area contributed by atoms with E-state index in [0.29, 0.717) is 0 Å². The number of rotatable bonds is 2. The van der Waals surface area contributed by atoms with Gasteiger partial charge in [0, 0.05) is 16.9 Å². The van der Waals surface area contributed by atoms with E-state index < -0.39 is 0 Å². The van der Waals surface area contributed by atoms with Crippen LogP contribution in [0, 0.1) is 5.41 Å². The average Bonchev–Trinajstić information content (AvgIpc) is 2.29. The lowest BCUT2D eigenvalue weighted by molar-refractivity contribution is 0.276. The smallest absolute Gasteiger partial charge is 0.299 e. The Morgan fingerprint density at radius 3 is 2.21 bits per heavy atom. The Labute approximate surface area is 88.7 Å². The highest BCUT2D eigenvalue weighted by Gasteiger charge is 2.29. The summed E-state index contributed by atoms with van der Waals surface area (Å²) in [5.74, 6) is 0.808. The second kappa shape index (κ2) is 3.50. The Balaban J connectivity index is 2.91. The van der Waals surface area contributed by atoms with Gasteiger partial charge < -0.3 is 0 Å². The minimum absolute atomic E-state index is 0.0581. The zero-order valence-corrected chi connectivity index (χ0v) is 10.3. The summed E-state index contributed by atoms with van der Waals surface area (Å²) < 4.78 is 4.15. The molecule has 0 aliphatic rings. The van der Waals surface area contributed by atoms with Crippen molar-refractivity contribution in [3.05, 3.63) is 15.5 Å². The van der Waals surface area contributed by atoms with Gasteiger partial charge in [0.25, 0.3) is 0 Å². The lowest BCUT2D eigenvalue weighted by atomic mass is 9.76. The fraction of sp³-hybridized carbons (Fsp3) is 0.800. The number of hydrogen-bond donors (Lipinski definition) is 1. The first-order valence-corrected chi connectivity index (χ1v) is 5.54. The van der Waals surface area contributed by atoms with Crippen molar-refractivity contribution < 1.29 is 0 Å². The van der Waals surface area contributed by atoms with Gasteiger partial charge in [-0.15, -0.1) is 0 Å². The normalized spacial score (nSPS) is 13.2. The molecule has 0 unspecified atom stereocenters. The van der Waals surface area contributed by atoms with E-state index >= 15 is 0 Å². The van der Waals surface area contributed by atoms with Gasteiger partial charge in [0.05, 0.1) is 0 Å². The van der Waals surface area contributed by atoms with Crippen molar-refractivity contribution >= 4 is 11.5 Å². The standard InChI is InChI=1S/C10H18N2OS/c1-9(2,3)6-10(4,5)7-11-8(13)14-12-7/h6H2,1-5H3,(H,11,12,13). The molecule has 1 aromatic rings. The van der Waals surface area contributed by atoms with E-state index in [9.17, 15) is 4.79 Å². The summed E-state index contributed by atoms with van der Waals surface area (Å²) in [6, 6.07) is 0. The molecule has 0 aromatic carbocycles. The van der Waals surface area contributed by atoms with Crippen LogP contribution in [0.25, 0.3) is 0 Å². The van der Waals surface area contributed by atoms with Crippen LogP contribution >= 0.6 is 11.5 Å². The summed E-state index contributed by atoms with van der Waals surface area (Å²) in [5, 5.41) is 0. The highest BCUT2D eigenvalue weighted by Crippen LogP contribution is 2.34. The molecule has 0 spiro atoms. The van der Waals surface area contributed by atoms with Crippen LogP contribution in [-0.2, 0) is 5.41 Å². The first-order chi connectivity index (χ1) is 6.21. The third kappa shape index (κ3) is 2.94. The van der Waals surface area contributed by atoms with Crippen molar-refractivity contribution in [2.45, 2.75) is 46.5 Å². The molecule has 80 valence electrons. The quantitative estimate of drug-likeness (QED) is 0.822. The summed E-state index contributed by atoms with van der Waals surface area (Å²) in [6.07, 6.45) is 1.000. The Kier molecular flexibility index (Phi) is 2.86. The Bertz CT molecular complexity index is 357. The van der Waals surface area contributed by atoms with Crippen LogP contribution in [0.3, 0.4) is 0 Å². The first kappa shape index (κ1) is 11.4. The number of nitrogens with one attached hydrogen (secondary N) is 1. The highest BCUT2D eigenvalue weighted by molar-refractivity contribution is 7.02. The van der Waals surface area contributed by atoms with Crippen LogP contribution in [0.5, 0.6) is 0 Å². The molecule has 1 heterocycles. The topological polar surface area (TPSA) is 45.8 Å². The molecule has 0 atom stereocenters. The van der Waals surface area contributed by atoms with Gasteiger partial charge in [-0.2, -0.15) is 4.37 Å². The largest absolute Gasteiger partial charge is 0.323 e. The SMILES string of the molecule is CC(C)(C)CC(C)(C)c1nsc(=O)[nH]1. The maximum Gasteiger partial charge on any atom is 0.323 e. The van der Waals surface area contributed by atoms with Crippen LogP contribution in [0.4, 0.5) is 0 Å². The van der Waals surface area contributed by atoms with Crippen molar-refractivity contribution in [3.63, 3.8) is 0 Å². The summed E-state index contributed by atoms with van der Waals surface area (Å²) in [7, 11) is 0. The minimum Gasteiger partial charge on any atom is -0.299 e. The molecule has 0 aliphatic carbocycles. The van der Waals surface area contributed by atoms with Crippen LogP contribution < -0.4 is 4.87 Å². The zero-order valence-electron chi connectivity index (χ0n) is 9.47. The van der Waals surface area contributed by atoms with Crippen molar-refractivity contribution in [1.29, 1.82) is 0 Å². The van der Waals surface area contributed by atoms with Crippen molar-refractivity contribution in [3.8, 4) is 0 Å². The molecular weight excluding hydrogens is 196 g/mol. The summed E-state index contributed by atoms with van der Waals surface area (Å²) in [6.45, 7) is 10.8. The number of nitrogens with zero attached hydrogens (tertiary/aromatic N) is 1. The third-order valence-corrected chi connectivity index (χ3v) is 2.60. The molecule has 0 saturated carbocycles. The van der Waals surface area contributed by atoms with Crippen LogP contribution in [-0.4, -0.2) is 9.36 Å². The lowest BCUT2D eigenvalue weighted by Gasteiger charge is -2.30. The fourth-order valence-corrected chi connectivity index (χ4v) is 2.54. The third-order valence-electron chi connectivity index (χ3n) is 2.05. The number of hydrogen-bond acceptors (Lipinski definition) is 3. The molecule has 1 aromatic heterocycles. The summed E-state index contributed by atoms with van der Waals surface area (Å²) in [4.78, 5) is 13.7. The van der Waals surface area contributed by atoms with E-state index in [1.807, 2.05) is 0 Å². The molecular formula is C10H18N2OS. The zero-order chi connectivity index (χ0) is 11.0. The van der Waals surface area contributed by atoms with Gasteiger partial charge in [0.1, 0.15) is 5.82 Å². The molecule has 4 heteroatoms. The molecule has 0 saturated heterocycles. The summed E-state index contributed by atoms with van der Waals surface area (Å²) >= 11 is 0.996. The van der Waals surface area contributed by atoms with Gasteiger partial charge in [-0.25, -0.2) is 0 Å². The molecule has 0 fully saturated rings. The van der Waals surface area contributed by atoms with E-state index in [4.69, 9.17) is 0 Å². The molecule has 14 heavy (non-hydrogen) atoms. The fourth-order valence-electron chi connectivity index (χ4n) is 1.93. The maximum atomic E-state index is 11.0. The van der Waals surface area contributed by atoms with E-state index in [2.05, 4.69) is 44.0 Å². The molecule has 0 radical (unpaired) electrons. The van der Waals surface area contributed by atoms with E-state index in [1.54, 1.807) is 0 Å². The van der Waals surface area contributed by atoms with Crippen LogP contribution in [0.2, 0.25) is 0 Å². The van der Waals surface area contributed by atoms with Crippen molar-refractivity contribution in [2.24, 2.45) is 5.41 Å². The van der Waals surface area contributed by atoms with E-state index in [0.717, 1.165) is 23.8 Å². The number of aromatic amines is 1. The van der Waals surface area contributed by atoms with Gasteiger partial charge in [-0.3, -0.25) is 9.78 Å². The minimum atomic E-state index is -0.0676. The van der Waals surface area contributed by atoms with Crippen LogP contribution in [0.15, 0.2) is 4.79 Å². The van der Waals surface area contributed by atoms with E-state index in [1.165, 1.54) is 0 Å². The van der Waals surface area contributed by atoms with Crippen molar-refractivity contribution in [2.75, 3.05) is 0 Å². The van der Waals surface area contributed by atoms with Gasteiger partial charge >= 0.3 is 4.87 Å². The number of H-pyrrole nitrogens is 1. The molecule has 0 amide bonds. The predicted molar refractivity (Wildman–Crippen MR) is 59.8 cm³/mol. The van der Waals surface area contributed by atoms with Crippen LogP contribution in [0.1, 0.15) is 46.9 Å². The second-order valence-corrected chi connectivity index (χ2v) is 6.30. The summed E-state index contributed by atoms with van der Waals surface area (Å²) in [5.41, 5.74) is 0.182. The average molecular weight is 214 g/mol. The highest BCUT2D eigenvalue weighted by atomic mass is 32.1. The molecule has 3 nitrogen and oxygen atoms in total. The Morgan fingerprint density at radius 1 is 1.29 bits per heavy atom. The second-order valence-electron chi connectivity index (χ2n) is 5.56. The Morgan fingerprint density at radius 2 is 1.86 bits per heavy atom. The van der Waals surface area contributed by atoms with Gasteiger partial charge in [-0.05, 0) is 11.8 Å². The molecule has 0 aliphatic heterocycles. The molecule has 1 rings (SSSR count). The maximum absolute atomic E-state index is 11.0. The number of aromatic nitrogens is 2. The monoisotopic (exact) mass is 214 g/mol. The van der Waals surface area contributed by atoms with E-state index in [-0.39, 0.29) is 15.7 Å². The van der Waals surface area contributed by atoms with Gasteiger partial charge in [0.15, 0.2) is 0 Å². The Hall–Kier alpha value is -0.640. The van der Waals surface area contributed by atoms with Gasteiger partial charge in [0.2, 0.25) is 0 Å². The molecule has 1 N–H and O–H groups in total. The lowest BCUT2D eigenvalue weighted by Crippen LogP contribution is -2.26. The first-order valence-electron chi connectivity index (χ1n) is 4.77. The molecule has 0 bridgehead atoms. The van der Waals surface area contributed by atoms with Crippen molar-refractivity contribution in [1.82, 2.24) is 9.36 Å².